The van der Waals surface area contributed by atoms with Crippen molar-refractivity contribution in [1.29, 1.82) is 0 Å². The molecule has 1 atom stereocenters. The predicted molar refractivity (Wildman–Crippen MR) is 89.0 cm³/mol. The van der Waals surface area contributed by atoms with Crippen LogP contribution < -0.4 is 0 Å². The number of hydrogen-bond donors (Lipinski definition) is 0. The zero-order chi connectivity index (χ0) is 15.2. The Morgan fingerprint density at radius 1 is 0.952 bits per heavy atom. The van der Waals surface area contributed by atoms with Gasteiger partial charge in [-0.3, -0.25) is 4.79 Å². The van der Waals surface area contributed by atoms with E-state index >= 15 is 0 Å². The highest BCUT2D eigenvalue weighted by Gasteiger charge is 2.22. The molecule has 0 heterocycles. The number of ketones is 1. The lowest BCUT2D eigenvalue weighted by Crippen LogP contribution is -2.14. The number of Topliss-reactive ketones (excluding diaryl/α,β-unsaturated/α-hetero) is 1. The summed E-state index contributed by atoms with van der Waals surface area (Å²) in [7, 11) is 0. The summed E-state index contributed by atoms with van der Waals surface area (Å²) in [5.41, 5.74) is 4.42. The summed E-state index contributed by atoms with van der Waals surface area (Å²) in [6.45, 7) is 6.33. The molecule has 0 saturated heterocycles. The maximum absolute atomic E-state index is 13.0. The Morgan fingerprint density at radius 2 is 1.67 bits per heavy atom. The van der Waals surface area contributed by atoms with Crippen molar-refractivity contribution in [2.75, 3.05) is 0 Å². The first kappa shape index (κ1) is 15.5. The van der Waals surface area contributed by atoms with Gasteiger partial charge in [-0.1, -0.05) is 63.2 Å². The summed E-state index contributed by atoms with van der Waals surface area (Å²) in [6, 6.07) is 16.5. The van der Waals surface area contributed by atoms with Gasteiger partial charge in [-0.15, -0.1) is 0 Å². The average Bonchev–Trinajstić information content (AvgIpc) is 2.55. The number of aryl methyl sites for hydroxylation is 2. The van der Waals surface area contributed by atoms with Gasteiger partial charge in [0, 0.05) is 11.5 Å². The van der Waals surface area contributed by atoms with Crippen molar-refractivity contribution in [2.24, 2.45) is 0 Å². The molecule has 110 valence electrons. The lowest BCUT2D eigenvalue weighted by Gasteiger charge is -2.17. The second-order valence-electron chi connectivity index (χ2n) is 5.43. The normalized spacial score (nSPS) is 12.1. The molecule has 2 aromatic carbocycles. The van der Waals surface area contributed by atoms with Gasteiger partial charge in [-0.2, -0.15) is 0 Å². The summed E-state index contributed by atoms with van der Waals surface area (Å²) in [4.78, 5) is 13.0. The van der Waals surface area contributed by atoms with Gasteiger partial charge in [0.1, 0.15) is 0 Å². The molecule has 2 aromatic rings. The second-order valence-corrected chi connectivity index (χ2v) is 5.43. The Labute approximate surface area is 128 Å². The van der Waals surface area contributed by atoms with Crippen molar-refractivity contribution in [3.8, 4) is 0 Å². The summed E-state index contributed by atoms with van der Waals surface area (Å²) in [5, 5.41) is 0. The molecule has 0 N–H and O–H groups in total. The van der Waals surface area contributed by atoms with E-state index in [1.54, 1.807) is 0 Å². The van der Waals surface area contributed by atoms with Gasteiger partial charge in [-0.25, -0.2) is 0 Å². The quantitative estimate of drug-likeness (QED) is 0.666. The molecule has 0 fully saturated rings. The third-order valence-electron chi connectivity index (χ3n) is 4.16. The van der Waals surface area contributed by atoms with Crippen LogP contribution in [0.1, 0.15) is 60.2 Å². The standard InChI is InChI=1S/C20H24O/c1-4-15-12-13-16(5-2)19(14-15)20(21)18(6-3)17-10-8-7-9-11-17/h7-14,18H,4-6H2,1-3H3. The minimum Gasteiger partial charge on any atom is -0.293 e. The van der Waals surface area contributed by atoms with Gasteiger partial charge in [0.15, 0.2) is 5.78 Å². The Balaban J connectivity index is 2.42. The minimum absolute atomic E-state index is 0.0383. The molecule has 1 nitrogen and oxygen atoms in total. The van der Waals surface area contributed by atoms with Crippen molar-refractivity contribution >= 4 is 5.78 Å². The molecule has 0 saturated carbocycles. The maximum Gasteiger partial charge on any atom is 0.170 e. The van der Waals surface area contributed by atoms with Crippen LogP contribution in [0.2, 0.25) is 0 Å². The summed E-state index contributed by atoms with van der Waals surface area (Å²) in [5.74, 6) is 0.222. The summed E-state index contributed by atoms with van der Waals surface area (Å²) < 4.78 is 0. The minimum atomic E-state index is -0.0383. The van der Waals surface area contributed by atoms with E-state index in [9.17, 15) is 4.79 Å². The number of benzene rings is 2. The Bertz CT molecular complexity index is 598. The Kier molecular flexibility index (Phi) is 5.32. The molecule has 0 aromatic heterocycles. The fourth-order valence-electron chi connectivity index (χ4n) is 2.83. The third kappa shape index (κ3) is 3.41. The van der Waals surface area contributed by atoms with E-state index in [-0.39, 0.29) is 11.7 Å². The van der Waals surface area contributed by atoms with Crippen LogP contribution in [0.5, 0.6) is 0 Å². The maximum atomic E-state index is 13.0. The summed E-state index contributed by atoms with van der Waals surface area (Å²) in [6.07, 6.45) is 2.70. The first-order valence-corrected chi connectivity index (χ1v) is 7.92. The number of carbonyl (C=O) groups excluding carboxylic acids is 1. The van der Waals surface area contributed by atoms with Crippen LogP contribution in [0.3, 0.4) is 0 Å². The topological polar surface area (TPSA) is 17.1 Å². The number of carbonyl (C=O) groups is 1. The average molecular weight is 280 g/mol. The SMILES string of the molecule is CCc1ccc(CC)c(C(=O)C(CC)c2ccccc2)c1. The van der Waals surface area contributed by atoms with Crippen molar-refractivity contribution in [1.82, 2.24) is 0 Å². The zero-order valence-electron chi connectivity index (χ0n) is 13.2. The van der Waals surface area contributed by atoms with Gasteiger partial charge in [0.2, 0.25) is 0 Å². The lowest BCUT2D eigenvalue weighted by molar-refractivity contribution is 0.0956. The molecule has 0 bridgehead atoms. The predicted octanol–water partition coefficient (Wildman–Crippen LogP) is 5.19. The largest absolute Gasteiger partial charge is 0.293 e. The van der Waals surface area contributed by atoms with Gasteiger partial charge in [0.05, 0.1) is 0 Å². The molecule has 0 aliphatic rings. The van der Waals surface area contributed by atoms with E-state index in [4.69, 9.17) is 0 Å². The van der Waals surface area contributed by atoms with E-state index in [0.717, 1.165) is 36.0 Å². The summed E-state index contributed by atoms with van der Waals surface area (Å²) >= 11 is 0. The second kappa shape index (κ2) is 7.21. The molecule has 0 aliphatic carbocycles. The van der Waals surface area contributed by atoms with Crippen LogP contribution in [0.15, 0.2) is 48.5 Å². The smallest absolute Gasteiger partial charge is 0.170 e. The van der Waals surface area contributed by atoms with E-state index in [1.165, 1.54) is 5.56 Å². The number of hydrogen-bond acceptors (Lipinski definition) is 1. The van der Waals surface area contributed by atoms with Crippen LogP contribution in [0.4, 0.5) is 0 Å². The van der Waals surface area contributed by atoms with Gasteiger partial charge in [0.25, 0.3) is 0 Å². The molecule has 0 spiro atoms. The van der Waals surface area contributed by atoms with E-state index in [0.29, 0.717) is 0 Å². The monoisotopic (exact) mass is 280 g/mol. The molecule has 1 unspecified atom stereocenters. The van der Waals surface area contributed by atoms with Gasteiger partial charge in [-0.05, 0) is 42.0 Å². The van der Waals surface area contributed by atoms with E-state index in [2.05, 4.69) is 51.1 Å². The van der Waals surface area contributed by atoms with Gasteiger partial charge < -0.3 is 0 Å². The molecule has 21 heavy (non-hydrogen) atoms. The Morgan fingerprint density at radius 3 is 2.24 bits per heavy atom. The fourth-order valence-corrected chi connectivity index (χ4v) is 2.83. The van der Waals surface area contributed by atoms with Gasteiger partial charge >= 0.3 is 0 Å². The molecular weight excluding hydrogens is 256 g/mol. The van der Waals surface area contributed by atoms with E-state index in [1.807, 2.05) is 18.2 Å². The molecule has 0 aliphatic heterocycles. The van der Waals surface area contributed by atoms with Crippen molar-refractivity contribution in [2.45, 2.75) is 46.0 Å². The van der Waals surface area contributed by atoms with E-state index < -0.39 is 0 Å². The third-order valence-corrected chi connectivity index (χ3v) is 4.16. The highest BCUT2D eigenvalue weighted by atomic mass is 16.1. The number of rotatable bonds is 6. The molecule has 0 radical (unpaired) electrons. The lowest BCUT2D eigenvalue weighted by atomic mass is 9.85. The first-order valence-electron chi connectivity index (χ1n) is 7.92. The van der Waals surface area contributed by atoms with Crippen LogP contribution >= 0.6 is 0 Å². The highest BCUT2D eigenvalue weighted by Crippen LogP contribution is 2.26. The van der Waals surface area contributed by atoms with Crippen molar-refractivity contribution < 1.29 is 4.79 Å². The molecule has 0 amide bonds. The fraction of sp³-hybridized carbons (Fsp3) is 0.350. The Hall–Kier alpha value is -1.89. The van der Waals surface area contributed by atoms with Crippen LogP contribution in [0.25, 0.3) is 0 Å². The van der Waals surface area contributed by atoms with Crippen LogP contribution in [-0.4, -0.2) is 5.78 Å². The first-order chi connectivity index (χ1) is 10.2. The zero-order valence-corrected chi connectivity index (χ0v) is 13.2. The molecule has 2 rings (SSSR count). The van der Waals surface area contributed by atoms with Crippen LogP contribution in [-0.2, 0) is 12.8 Å². The molecule has 1 heteroatoms. The highest BCUT2D eigenvalue weighted by molar-refractivity contribution is 6.02. The van der Waals surface area contributed by atoms with Crippen molar-refractivity contribution in [3.63, 3.8) is 0 Å². The van der Waals surface area contributed by atoms with Crippen molar-refractivity contribution in [3.05, 3.63) is 70.8 Å². The molecular formula is C20H24O. The van der Waals surface area contributed by atoms with Crippen LogP contribution in [0, 0.1) is 0 Å².